The van der Waals surface area contributed by atoms with Gasteiger partial charge in [0.05, 0.1) is 21.3 Å². The van der Waals surface area contributed by atoms with Crippen LogP contribution in [0, 0.1) is 20.2 Å². The molecule has 0 bridgehead atoms. The van der Waals surface area contributed by atoms with Crippen molar-refractivity contribution in [2.75, 3.05) is 0 Å². The maximum Gasteiger partial charge on any atom is 0.318 e. The van der Waals surface area contributed by atoms with Crippen molar-refractivity contribution in [1.82, 2.24) is 0 Å². The maximum absolute atomic E-state index is 10.9. The van der Waals surface area contributed by atoms with Crippen LogP contribution in [0.1, 0.15) is 10.4 Å². The van der Waals surface area contributed by atoms with E-state index in [1.165, 1.54) is 18.2 Å². The number of nitrogens with zero attached hydrogens (tertiary/aromatic N) is 2. The number of fused-ring (bicyclic) bond motifs is 1. The van der Waals surface area contributed by atoms with Crippen molar-refractivity contribution < 1.29 is 19.7 Å². The summed E-state index contributed by atoms with van der Waals surface area (Å²) in [6, 6.07) is 4.68. The van der Waals surface area contributed by atoms with Gasteiger partial charge in [0.1, 0.15) is 0 Å². The SMILES string of the molecule is O=Cc1cccc2c([N+](=O)[O-])cc([N+](=O)[O-])c(O)c12. The maximum atomic E-state index is 10.9. The van der Waals surface area contributed by atoms with E-state index in [1.54, 1.807) is 0 Å². The summed E-state index contributed by atoms with van der Waals surface area (Å²) in [5.41, 5.74) is -1.40. The van der Waals surface area contributed by atoms with Gasteiger partial charge in [0.2, 0.25) is 5.75 Å². The number of non-ortho nitro benzene ring substituents is 1. The lowest BCUT2D eigenvalue weighted by Crippen LogP contribution is -1.96. The minimum atomic E-state index is -0.941. The van der Waals surface area contributed by atoms with E-state index in [-0.39, 0.29) is 16.3 Å². The quantitative estimate of drug-likeness (QED) is 0.513. The minimum Gasteiger partial charge on any atom is -0.502 e. The molecule has 8 heteroatoms. The zero-order valence-electron chi connectivity index (χ0n) is 9.27. The molecule has 0 heterocycles. The highest BCUT2D eigenvalue weighted by Crippen LogP contribution is 2.41. The third-order valence-electron chi connectivity index (χ3n) is 2.65. The van der Waals surface area contributed by atoms with E-state index in [1.807, 2.05) is 0 Å². The highest BCUT2D eigenvalue weighted by Gasteiger charge is 2.26. The number of nitro groups is 2. The van der Waals surface area contributed by atoms with E-state index in [9.17, 15) is 30.1 Å². The Kier molecular flexibility index (Phi) is 2.83. The van der Waals surface area contributed by atoms with Gasteiger partial charge < -0.3 is 5.11 Å². The first-order valence-corrected chi connectivity index (χ1v) is 5.00. The molecule has 1 N–H and O–H groups in total. The van der Waals surface area contributed by atoms with Crippen LogP contribution in [0.25, 0.3) is 10.8 Å². The smallest absolute Gasteiger partial charge is 0.318 e. The van der Waals surface area contributed by atoms with Crippen LogP contribution in [0.15, 0.2) is 24.3 Å². The van der Waals surface area contributed by atoms with Gasteiger partial charge in [0.15, 0.2) is 6.29 Å². The number of aromatic hydroxyl groups is 1. The Bertz CT molecular complexity index is 725. The monoisotopic (exact) mass is 262 g/mol. The number of carbonyl (C=O) groups excluding carboxylic acids is 1. The first-order chi connectivity index (χ1) is 8.97. The topological polar surface area (TPSA) is 124 Å². The summed E-state index contributed by atoms with van der Waals surface area (Å²) in [7, 11) is 0. The highest BCUT2D eigenvalue weighted by molar-refractivity contribution is 6.07. The van der Waals surface area contributed by atoms with Crippen LogP contribution in [-0.4, -0.2) is 21.2 Å². The molecule has 0 spiro atoms. The van der Waals surface area contributed by atoms with Crippen molar-refractivity contribution >= 4 is 28.4 Å². The molecule has 0 aromatic heterocycles. The molecule has 2 aromatic rings. The van der Waals surface area contributed by atoms with Crippen LogP contribution in [0.4, 0.5) is 11.4 Å². The molecule has 0 unspecified atom stereocenters. The number of carbonyl (C=O) groups is 1. The number of benzene rings is 2. The molecule has 0 amide bonds. The summed E-state index contributed by atoms with van der Waals surface area (Å²) in [5, 5.41) is 31.3. The van der Waals surface area contributed by atoms with Gasteiger partial charge >= 0.3 is 5.69 Å². The largest absolute Gasteiger partial charge is 0.502 e. The second-order valence-electron chi connectivity index (χ2n) is 3.67. The van der Waals surface area contributed by atoms with Crippen LogP contribution < -0.4 is 0 Å². The highest BCUT2D eigenvalue weighted by atomic mass is 16.6. The van der Waals surface area contributed by atoms with Crippen molar-refractivity contribution in [3.05, 3.63) is 50.1 Å². The fraction of sp³-hybridized carbons (Fsp3) is 0. The Morgan fingerprint density at radius 2 is 1.74 bits per heavy atom. The molecule has 0 aliphatic rings. The van der Waals surface area contributed by atoms with Crippen molar-refractivity contribution in [1.29, 1.82) is 0 Å². The third-order valence-corrected chi connectivity index (χ3v) is 2.65. The van der Waals surface area contributed by atoms with Crippen LogP contribution in [0.3, 0.4) is 0 Å². The predicted molar refractivity (Wildman–Crippen MR) is 64.3 cm³/mol. The van der Waals surface area contributed by atoms with E-state index in [0.29, 0.717) is 12.4 Å². The summed E-state index contributed by atoms with van der Waals surface area (Å²) < 4.78 is 0. The van der Waals surface area contributed by atoms with Crippen LogP contribution >= 0.6 is 0 Å². The van der Waals surface area contributed by atoms with Crippen LogP contribution in [-0.2, 0) is 0 Å². The summed E-state index contributed by atoms with van der Waals surface area (Å²) >= 11 is 0. The molecule has 8 nitrogen and oxygen atoms in total. The third kappa shape index (κ3) is 1.84. The van der Waals surface area contributed by atoms with Crippen molar-refractivity contribution in [2.45, 2.75) is 0 Å². The average molecular weight is 262 g/mol. The van der Waals surface area contributed by atoms with Gasteiger partial charge in [-0.3, -0.25) is 25.0 Å². The molecule has 0 saturated heterocycles. The summed E-state index contributed by atoms with van der Waals surface area (Å²) in [4.78, 5) is 30.8. The van der Waals surface area contributed by atoms with E-state index in [0.717, 1.165) is 0 Å². The zero-order valence-corrected chi connectivity index (χ0v) is 9.27. The number of nitro benzene ring substituents is 2. The predicted octanol–water partition coefficient (Wildman–Crippen LogP) is 2.17. The Hall–Kier alpha value is -3.03. The fourth-order valence-electron chi connectivity index (χ4n) is 1.84. The molecule has 0 saturated carbocycles. The number of hydrogen-bond donors (Lipinski definition) is 1. The average Bonchev–Trinajstić information content (AvgIpc) is 2.37. The first kappa shape index (κ1) is 12.4. The van der Waals surface area contributed by atoms with E-state index in [2.05, 4.69) is 0 Å². The zero-order chi connectivity index (χ0) is 14.2. The Morgan fingerprint density at radius 1 is 1.11 bits per heavy atom. The fourth-order valence-corrected chi connectivity index (χ4v) is 1.84. The molecule has 2 rings (SSSR count). The van der Waals surface area contributed by atoms with Crippen molar-refractivity contribution in [3.8, 4) is 5.75 Å². The normalized spacial score (nSPS) is 10.3. The van der Waals surface area contributed by atoms with Gasteiger partial charge in [-0.1, -0.05) is 12.1 Å². The lowest BCUT2D eigenvalue weighted by Gasteiger charge is -2.05. The van der Waals surface area contributed by atoms with Gasteiger partial charge in [-0.05, 0) is 6.07 Å². The molecule has 2 aromatic carbocycles. The molecule has 96 valence electrons. The van der Waals surface area contributed by atoms with Crippen LogP contribution in [0.2, 0.25) is 0 Å². The number of aldehydes is 1. The van der Waals surface area contributed by atoms with Gasteiger partial charge in [-0.15, -0.1) is 0 Å². The summed E-state index contributed by atoms with van der Waals surface area (Å²) in [6.07, 6.45) is 0.371. The van der Waals surface area contributed by atoms with Crippen molar-refractivity contribution in [2.24, 2.45) is 0 Å². The van der Waals surface area contributed by atoms with E-state index in [4.69, 9.17) is 0 Å². The molecular formula is C11H6N2O6. The number of rotatable bonds is 3. The van der Waals surface area contributed by atoms with Crippen LogP contribution in [0.5, 0.6) is 5.75 Å². The molecule has 19 heavy (non-hydrogen) atoms. The first-order valence-electron chi connectivity index (χ1n) is 5.00. The molecule has 0 aliphatic heterocycles. The molecule has 0 radical (unpaired) electrons. The molecule has 0 aliphatic carbocycles. The van der Waals surface area contributed by atoms with Gasteiger partial charge in [0.25, 0.3) is 5.69 Å². The summed E-state index contributed by atoms with van der Waals surface area (Å²) in [6.45, 7) is 0. The minimum absolute atomic E-state index is 0.0299. The molecular weight excluding hydrogens is 256 g/mol. The number of phenols is 1. The van der Waals surface area contributed by atoms with E-state index < -0.39 is 27.0 Å². The number of phenolic OH excluding ortho intramolecular Hbond substituents is 1. The standard InChI is InChI=1S/C11H6N2O6/c14-5-6-2-1-3-7-8(12(16)17)4-9(13(18)19)11(15)10(6)7/h1-5,15H. The Labute approximate surface area is 105 Å². The lowest BCUT2D eigenvalue weighted by atomic mass is 10.0. The Morgan fingerprint density at radius 3 is 2.26 bits per heavy atom. The molecule has 0 fully saturated rings. The number of hydrogen-bond acceptors (Lipinski definition) is 6. The van der Waals surface area contributed by atoms with E-state index >= 15 is 0 Å². The van der Waals surface area contributed by atoms with Gasteiger partial charge in [0, 0.05) is 10.9 Å². The second-order valence-corrected chi connectivity index (χ2v) is 3.67. The second kappa shape index (κ2) is 4.33. The van der Waals surface area contributed by atoms with Gasteiger partial charge in [-0.25, -0.2) is 0 Å². The molecule has 0 atom stereocenters. The van der Waals surface area contributed by atoms with Gasteiger partial charge in [-0.2, -0.15) is 0 Å². The Balaban J connectivity index is 3.05. The van der Waals surface area contributed by atoms with Crippen molar-refractivity contribution in [3.63, 3.8) is 0 Å². The lowest BCUT2D eigenvalue weighted by molar-refractivity contribution is -0.393. The summed E-state index contributed by atoms with van der Waals surface area (Å²) in [5.74, 6) is -0.756.